The standard InChI is InChI=1S/C23H27N5O3/c1-3-12-28(26-13-8-9-14-26)23-24-15-18-20(29)19(22(30)31-4-2)16-27(21(18)25-23)17-10-6-5-7-11-17/h5-7,10-11,15-16H,3-4,8-9,12-14H2,1-2H3. The molecule has 8 nitrogen and oxygen atoms in total. The van der Waals surface area contributed by atoms with Crippen molar-refractivity contribution in [1.82, 2.24) is 19.5 Å². The van der Waals surface area contributed by atoms with Crippen LogP contribution in [-0.4, -0.2) is 51.8 Å². The molecule has 0 unspecified atom stereocenters. The molecule has 0 radical (unpaired) electrons. The smallest absolute Gasteiger partial charge is 0.343 e. The van der Waals surface area contributed by atoms with Crippen molar-refractivity contribution in [3.8, 4) is 5.69 Å². The van der Waals surface area contributed by atoms with Gasteiger partial charge in [0.05, 0.1) is 12.0 Å². The second-order valence-electron chi connectivity index (χ2n) is 7.49. The number of nitrogens with zero attached hydrogens (tertiary/aromatic N) is 5. The molecule has 1 aromatic carbocycles. The minimum atomic E-state index is -0.646. The van der Waals surface area contributed by atoms with Crippen molar-refractivity contribution >= 4 is 23.0 Å². The lowest BCUT2D eigenvalue weighted by Gasteiger charge is -2.31. The van der Waals surface area contributed by atoms with Crippen LogP contribution in [0.5, 0.6) is 0 Å². The van der Waals surface area contributed by atoms with Crippen LogP contribution in [0, 0.1) is 0 Å². The SMILES string of the molecule is CCCN(c1ncc2c(=O)c(C(=O)OCC)cn(-c3ccccc3)c2n1)N1CCCC1. The minimum Gasteiger partial charge on any atom is -0.462 e. The van der Waals surface area contributed by atoms with Gasteiger partial charge in [-0.05, 0) is 38.3 Å². The highest BCUT2D eigenvalue weighted by molar-refractivity contribution is 5.93. The molecule has 4 rings (SSSR count). The molecule has 0 amide bonds. The Balaban J connectivity index is 1.92. The van der Waals surface area contributed by atoms with Gasteiger partial charge in [0, 0.05) is 37.7 Å². The highest BCUT2D eigenvalue weighted by atomic mass is 16.5. The van der Waals surface area contributed by atoms with Gasteiger partial charge < -0.3 is 9.30 Å². The molecule has 0 bridgehead atoms. The van der Waals surface area contributed by atoms with Crippen molar-refractivity contribution in [2.45, 2.75) is 33.1 Å². The third kappa shape index (κ3) is 4.16. The third-order valence-electron chi connectivity index (χ3n) is 5.35. The van der Waals surface area contributed by atoms with Gasteiger partial charge in [-0.15, -0.1) is 0 Å². The fourth-order valence-corrected chi connectivity index (χ4v) is 3.89. The maximum absolute atomic E-state index is 13.1. The first-order valence-corrected chi connectivity index (χ1v) is 10.8. The van der Waals surface area contributed by atoms with Crippen LogP contribution in [0.4, 0.5) is 5.95 Å². The molecule has 0 atom stereocenters. The van der Waals surface area contributed by atoms with E-state index in [-0.39, 0.29) is 17.6 Å². The van der Waals surface area contributed by atoms with E-state index in [0.717, 1.165) is 44.6 Å². The van der Waals surface area contributed by atoms with E-state index in [1.807, 2.05) is 30.3 Å². The summed E-state index contributed by atoms with van der Waals surface area (Å²) < 4.78 is 6.87. The Bertz CT molecular complexity index is 1120. The number of esters is 1. The number of rotatable bonds is 7. The highest BCUT2D eigenvalue weighted by Gasteiger charge is 2.24. The van der Waals surface area contributed by atoms with Gasteiger partial charge in [-0.25, -0.2) is 14.8 Å². The molecule has 0 saturated carbocycles. The summed E-state index contributed by atoms with van der Waals surface area (Å²) in [4.78, 5) is 34.8. The fourth-order valence-electron chi connectivity index (χ4n) is 3.89. The number of benzene rings is 1. The summed E-state index contributed by atoms with van der Waals surface area (Å²) in [6.07, 6.45) is 6.29. The molecule has 1 saturated heterocycles. The number of pyridine rings is 1. The zero-order chi connectivity index (χ0) is 21.8. The Hall–Kier alpha value is -3.26. The van der Waals surface area contributed by atoms with Crippen molar-refractivity contribution in [2.24, 2.45) is 0 Å². The molecular weight excluding hydrogens is 394 g/mol. The number of para-hydroxylation sites is 1. The van der Waals surface area contributed by atoms with Gasteiger partial charge in [0.25, 0.3) is 0 Å². The van der Waals surface area contributed by atoms with Gasteiger partial charge in [0.1, 0.15) is 5.56 Å². The Kier molecular flexibility index (Phi) is 6.27. The van der Waals surface area contributed by atoms with Crippen molar-refractivity contribution < 1.29 is 9.53 Å². The molecule has 0 spiro atoms. The monoisotopic (exact) mass is 421 g/mol. The van der Waals surface area contributed by atoms with Crippen LogP contribution in [0.3, 0.4) is 0 Å². The summed E-state index contributed by atoms with van der Waals surface area (Å²) in [5, 5.41) is 4.66. The number of carbonyl (C=O) groups excluding carboxylic acids is 1. The average molecular weight is 422 g/mol. The van der Waals surface area contributed by atoms with Crippen LogP contribution in [0.1, 0.15) is 43.5 Å². The largest absolute Gasteiger partial charge is 0.462 e. The van der Waals surface area contributed by atoms with Crippen LogP contribution in [0.15, 0.2) is 47.5 Å². The summed E-state index contributed by atoms with van der Waals surface area (Å²) in [7, 11) is 0. The van der Waals surface area contributed by atoms with Gasteiger partial charge in [-0.1, -0.05) is 25.1 Å². The third-order valence-corrected chi connectivity index (χ3v) is 5.35. The van der Waals surface area contributed by atoms with Gasteiger partial charge in [0.15, 0.2) is 5.65 Å². The first-order valence-electron chi connectivity index (χ1n) is 10.8. The molecule has 0 N–H and O–H groups in total. The van der Waals surface area contributed by atoms with Gasteiger partial charge in [0.2, 0.25) is 11.4 Å². The van der Waals surface area contributed by atoms with E-state index >= 15 is 0 Å². The molecule has 1 fully saturated rings. The number of ether oxygens (including phenoxy) is 1. The summed E-state index contributed by atoms with van der Waals surface area (Å²) in [5.41, 5.74) is 0.815. The molecule has 31 heavy (non-hydrogen) atoms. The molecule has 1 aliphatic rings. The Labute approximate surface area is 181 Å². The number of hydrogen-bond donors (Lipinski definition) is 0. The van der Waals surface area contributed by atoms with E-state index in [0.29, 0.717) is 11.6 Å². The van der Waals surface area contributed by atoms with Gasteiger partial charge in [-0.2, -0.15) is 4.98 Å². The molecule has 3 aromatic rings. The number of anilines is 1. The number of fused-ring (bicyclic) bond motifs is 1. The summed E-state index contributed by atoms with van der Waals surface area (Å²) >= 11 is 0. The molecule has 1 aliphatic heterocycles. The zero-order valence-corrected chi connectivity index (χ0v) is 18.0. The summed E-state index contributed by atoms with van der Waals surface area (Å²) in [5.74, 6) is -0.0861. The molecule has 162 valence electrons. The summed E-state index contributed by atoms with van der Waals surface area (Å²) in [6.45, 7) is 6.75. The maximum Gasteiger partial charge on any atom is 0.343 e. The Morgan fingerprint density at radius 1 is 1.16 bits per heavy atom. The van der Waals surface area contributed by atoms with Crippen molar-refractivity contribution in [2.75, 3.05) is 31.3 Å². The van der Waals surface area contributed by atoms with E-state index in [1.54, 1.807) is 11.5 Å². The predicted molar refractivity (Wildman–Crippen MR) is 120 cm³/mol. The average Bonchev–Trinajstić information content (AvgIpc) is 3.33. The van der Waals surface area contributed by atoms with Crippen molar-refractivity contribution in [3.05, 3.63) is 58.5 Å². The molecule has 0 aliphatic carbocycles. The first-order chi connectivity index (χ1) is 15.1. The minimum absolute atomic E-state index is 0.0282. The van der Waals surface area contributed by atoms with Gasteiger partial charge in [-0.3, -0.25) is 9.80 Å². The van der Waals surface area contributed by atoms with Crippen molar-refractivity contribution in [1.29, 1.82) is 0 Å². The van der Waals surface area contributed by atoms with Crippen LogP contribution >= 0.6 is 0 Å². The van der Waals surface area contributed by atoms with Crippen LogP contribution < -0.4 is 10.4 Å². The normalized spacial score (nSPS) is 14.1. The topological polar surface area (TPSA) is 80.6 Å². The number of hydrogen-bond acceptors (Lipinski definition) is 7. The van der Waals surface area contributed by atoms with E-state index in [4.69, 9.17) is 9.72 Å². The molecule has 3 heterocycles. The van der Waals surface area contributed by atoms with Crippen LogP contribution in [0.25, 0.3) is 16.7 Å². The molecular formula is C23H27N5O3. The second kappa shape index (κ2) is 9.26. The lowest BCUT2D eigenvalue weighted by atomic mass is 10.2. The van der Waals surface area contributed by atoms with E-state index < -0.39 is 11.4 Å². The lowest BCUT2D eigenvalue weighted by molar-refractivity contribution is 0.0524. The number of aromatic nitrogens is 3. The lowest BCUT2D eigenvalue weighted by Crippen LogP contribution is -2.42. The Morgan fingerprint density at radius 3 is 2.58 bits per heavy atom. The summed E-state index contributed by atoms with van der Waals surface area (Å²) in [6, 6.07) is 9.53. The van der Waals surface area contributed by atoms with E-state index in [2.05, 4.69) is 21.9 Å². The van der Waals surface area contributed by atoms with E-state index in [1.165, 1.54) is 12.4 Å². The number of hydrazine groups is 1. The number of carbonyl (C=O) groups is 1. The molecule has 2 aromatic heterocycles. The predicted octanol–water partition coefficient (Wildman–Crippen LogP) is 3.18. The first kappa shape index (κ1) is 21.0. The quantitative estimate of drug-likeness (QED) is 0.542. The van der Waals surface area contributed by atoms with E-state index in [9.17, 15) is 9.59 Å². The Morgan fingerprint density at radius 2 is 1.90 bits per heavy atom. The second-order valence-corrected chi connectivity index (χ2v) is 7.49. The highest BCUT2D eigenvalue weighted by Crippen LogP contribution is 2.21. The maximum atomic E-state index is 13.1. The molecule has 8 heteroatoms. The van der Waals surface area contributed by atoms with Gasteiger partial charge >= 0.3 is 5.97 Å². The van der Waals surface area contributed by atoms with Crippen LogP contribution in [-0.2, 0) is 4.74 Å². The fraction of sp³-hybridized carbons (Fsp3) is 0.391. The van der Waals surface area contributed by atoms with Crippen LogP contribution in [0.2, 0.25) is 0 Å². The zero-order valence-electron chi connectivity index (χ0n) is 18.0. The van der Waals surface area contributed by atoms with Crippen molar-refractivity contribution in [3.63, 3.8) is 0 Å².